The minimum Gasteiger partial charge on any atom is -0.481 e. The molecular weight excluding hydrogens is 432 g/mol. The van der Waals surface area contributed by atoms with Gasteiger partial charge in [-0.15, -0.1) is 0 Å². The molecule has 2 aliphatic carbocycles. The Kier molecular flexibility index (Phi) is 6.39. The highest BCUT2D eigenvalue weighted by Crippen LogP contribution is 2.44. The third-order valence-electron chi connectivity index (χ3n) is 6.82. The predicted octanol–water partition coefficient (Wildman–Crippen LogP) is 4.45. The number of amides is 2. The molecule has 2 aliphatic rings. The summed E-state index contributed by atoms with van der Waals surface area (Å²) in [7, 11) is 0. The normalized spacial score (nSPS) is 16.7. The van der Waals surface area contributed by atoms with Crippen LogP contribution in [0.25, 0.3) is 11.1 Å². The van der Waals surface area contributed by atoms with Crippen LogP contribution in [0.15, 0.2) is 48.5 Å². The topological polar surface area (TPSA) is 105 Å². The Hall–Kier alpha value is -3.35. The molecule has 34 heavy (non-hydrogen) atoms. The van der Waals surface area contributed by atoms with Crippen molar-refractivity contribution in [3.8, 4) is 11.1 Å². The number of rotatable bonds is 8. The fraction of sp³-hybridized carbons (Fsp3) is 0.444. The number of carboxylic acids is 1. The number of carbonyl (C=O) groups is 3. The van der Waals surface area contributed by atoms with Crippen LogP contribution in [0.3, 0.4) is 0 Å². The summed E-state index contributed by atoms with van der Waals surface area (Å²) >= 11 is 0. The number of aliphatic carboxylic acids is 1. The Labute approximate surface area is 199 Å². The van der Waals surface area contributed by atoms with Crippen molar-refractivity contribution >= 4 is 18.0 Å². The van der Waals surface area contributed by atoms with Crippen molar-refractivity contribution in [3.05, 3.63) is 59.7 Å². The van der Waals surface area contributed by atoms with E-state index in [1.165, 1.54) is 0 Å². The summed E-state index contributed by atoms with van der Waals surface area (Å²) in [6.45, 7) is 6.03. The number of hydrogen-bond donors (Lipinski definition) is 3. The number of ether oxygens (including phenoxy) is 1. The number of carbonyl (C=O) groups excluding carboxylic acids is 2. The lowest BCUT2D eigenvalue weighted by Crippen LogP contribution is -2.48. The highest BCUT2D eigenvalue weighted by Gasteiger charge is 2.46. The molecule has 0 radical (unpaired) electrons. The monoisotopic (exact) mass is 464 g/mol. The van der Waals surface area contributed by atoms with E-state index in [0.29, 0.717) is 12.8 Å². The molecule has 1 atom stereocenters. The van der Waals surface area contributed by atoms with Crippen molar-refractivity contribution < 1.29 is 24.2 Å². The van der Waals surface area contributed by atoms with Gasteiger partial charge in [-0.2, -0.15) is 0 Å². The summed E-state index contributed by atoms with van der Waals surface area (Å²) in [5, 5.41) is 14.8. The third kappa shape index (κ3) is 5.24. The lowest BCUT2D eigenvalue weighted by molar-refractivity contribution is -0.138. The van der Waals surface area contributed by atoms with Crippen LogP contribution in [-0.2, 0) is 14.3 Å². The van der Waals surface area contributed by atoms with Gasteiger partial charge in [-0.1, -0.05) is 69.3 Å². The fourth-order valence-electron chi connectivity index (χ4n) is 4.67. The SMILES string of the molecule is CC(C)(C)C(CC(=O)NC1(CC(=O)O)CC1)NC(=O)OCC1c2ccccc2-c2ccccc21. The van der Waals surface area contributed by atoms with Crippen molar-refractivity contribution in [2.75, 3.05) is 6.61 Å². The fourth-order valence-corrected chi connectivity index (χ4v) is 4.67. The lowest BCUT2D eigenvalue weighted by Gasteiger charge is -2.31. The summed E-state index contributed by atoms with van der Waals surface area (Å²) in [6.07, 6.45) is 0.713. The smallest absolute Gasteiger partial charge is 0.407 e. The van der Waals surface area contributed by atoms with E-state index in [2.05, 4.69) is 34.9 Å². The van der Waals surface area contributed by atoms with E-state index < -0.39 is 29.1 Å². The molecule has 0 heterocycles. The van der Waals surface area contributed by atoms with E-state index in [1.807, 2.05) is 45.0 Å². The second kappa shape index (κ2) is 9.12. The average Bonchev–Trinajstić information content (AvgIpc) is 3.42. The molecule has 7 nitrogen and oxygen atoms in total. The van der Waals surface area contributed by atoms with Gasteiger partial charge in [0.2, 0.25) is 5.91 Å². The summed E-state index contributed by atoms with van der Waals surface area (Å²) in [4.78, 5) is 36.5. The Morgan fingerprint density at radius 3 is 2.09 bits per heavy atom. The van der Waals surface area contributed by atoms with Crippen LogP contribution in [0.4, 0.5) is 4.79 Å². The number of benzene rings is 2. The van der Waals surface area contributed by atoms with Gasteiger partial charge < -0.3 is 20.5 Å². The molecule has 2 amide bonds. The third-order valence-corrected chi connectivity index (χ3v) is 6.82. The first-order valence-electron chi connectivity index (χ1n) is 11.7. The van der Waals surface area contributed by atoms with Crippen LogP contribution in [-0.4, -0.2) is 41.3 Å². The van der Waals surface area contributed by atoms with Gasteiger partial charge in [0, 0.05) is 18.4 Å². The molecule has 180 valence electrons. The van der Waals surface area contributed by atoms with Gasteiger partial charge in [-0.25, -0.2) is 4.79 Å². The molecule has 7 heteroatoms. The maximum absolute atomic E-state index is 12.8. The quantitative estimate of drug-likeness (QED) is 0.535. The molecule has 0 saturated heterocycles. The van der Waals surface area contributed by atoms with Crippen molar-refractivity contribution in [1.82, 2.24) is 10.6 Å². The Bertz CT molecular complexity index is 1050. The van der Waals surface area contributed by atoms with Crippen molar-refractivity contribution in [1.29, 1.82) is 0 Å². The molecule has 3 N–H and O–H groups in total. The van der Waals surface area contributed by atoms with Crippen molar-refractivity contribution in [3.63, 3.8) is 0 Å². The van der Waals surface area contributed by atoms with Crippen LogP contribution < -0.4 is 10.6 Å². The van der Waals surface area contributed by atoms with Crippen LogP contribution in [0.5, 0.6) is 0 Å². The maximum atomic E-state index is 12.8. The standard InChI is InChI=1S/C27H32N2O5/c1-26(2,3)22(14-23(30)29-27(12-13-27)15-24(31)32)28-25(33)34-16-21-19-10-6-4-8-17(19)18-9-5-7-11-20(18)21/h4-11,21-22H,12-16H2,1-3H3,(H,28,33)(H,29,30)(H,31,32). The first-order valence-corrected chi connectivity index (χ1v) is 11.7. The molecule has 0 bridgehead atoms. The van der Waals surface area contributed by atoms with E-state index in [9.17, 15) is 14.4 Å². The van der Waals surface area contributed by atoms with Gasteiger partial charge in [-0.05, 0) is 40.5 Å². The van der Waals surface area contributed by atoms with E-state index >= 15 is 0 Å². The zero-order valence-electron chi connectivity index (χ0n) is 19.9. The zero-order chi connectivity index (χ0) is 24.5. The van der Waals surface area contributed by atoms with Gasteiger partial charge >= 0.3 is 12.1 Å². The predicted molar refractivity (Wildman–Crippen MR) is 128 cm³/mol. The minimum absolute atomic E-state index is 0.0414. The largest absolute Gasteiger partial charge is 0.481 e. The molecule has 2 aromatic carbocycles. The zero-order valence-corrected chi connectivity index (χ0v) is 19.9. The van der Waals surface area contributed by atoms with Gasteiger partial charge in [0.05, 0.1) is 12.0 Å². The molecule has 1 fully saturated rings. The van der Waals surface area contributed by atoms with E-state index in [0.717, 1.165) is 22.3 Å². The molecule has 1 unspecified atom stereocenters. The number of nitrogens with one attached hydrogen (secondary N) is 2. The maximum Gasteiger partial charge on any atom is 0.407 e. The van der Waals surface area contributed by atoms with Gasteiger partial charge in [0.25, 0.3) is 0 Å². The van der Waals surface area contributed by atoms with Crippen LogP contribution in [0.2, 0.25) is 0 Å². The Morgan fingerprint density at radius 1 is 1.03 bits per heavy atom. The number of fused-ring (bicyclic) bond motifs is 3. The molecule has 1 saturated carbocycles. The summed E-state index contributed by atoms with van der Waals surface area (Å²) in [5.74, 6) is -1.24. The summed E-state index contributed by atoms with van der Waals surface area (Å²) < 4.78 is 5.65. The van der Waals surface area contributed by atoms with E-state index in [4.69, 9.17) is 9.84 Å². The highest BCUT2D eigenvalue weighted by molar-refractivity contribution is 5.81. The average molecular weight is 465 g/mol. The first-order chi connectivity index (χ1) is 16.1. The lowest BCUT2D eigenvalue weighted by atomic mass is 9.84. The molecule has 2 aromatic rings. The summed E-state index contributed by atoms with van der Waals surface area (Å²) in [6, 6.07) is 15.8. The van der Waals surface area contributed by atoms with Crippen LogP contribution >= 0.6 is 0 Å². The second-order valence-electron chi connectivity index (χ2n) is 10.5. The van der Waals surface area contributed by atoms with Crippen molar-refractivity contribution in [2.24, 2.45) is 5.41 Å². The van der Waals surface area contributed by atoms with Crippen LogP contribution in [0, 0.1) is 5.41 Å². The summed E-state index contributed by atoms with van der Waals surface area (Å²) in [5.41, 5.74) is 3.55. The molecule has 0 aromatic heterocycles. The Morgan fingerprint density at radius 2 is 1.59 bits per heavy atom. The number of carboxylic acid groups (broad SMARTS) is 1. The van der Waals surface area contributed by atoms with Gasteiger partial charge in [-0.3, -0.25) is 9.59 Å². The second-order valence-corrected chi connectivity index (χ2v) is 10.5. The van der Waals surface area contributed by atoms with E-state index in [1.54, 1.807) is 0 Å². The van der Waals surface area contributed by atoms with Gasteiger partial charge in [0.1, 0.15) is 6.61 Å². The number of alkyl carbamates (subject to hydrolysis) is 1. The minimum atomic E-state index is -0.929. The number of hydrogen-bond acceptors (Lipinski definition) is 4. The van der Waals surface area contributed by atoms with E-state index in [-0.39, 0.29) is 31.3 Å². The Balaban J connectivity index is 1.38. The molecule has 4 rings (SSSR count). The molecule has 0 spiro atoms. The molecule has 0 aliphatic heterocycles. The first kappa shape index (κ1) is 23.8. The van der Waals surface area contributed by atoms with Crippen molar-refractivity contribution in [2.45, 2.75) is 64.0 Å². The molecular formula is C27H32N2O5. The van der Waals surface area contributed by atoms with Gasteiger partial charge in [0.15, 0.2) is 0 Å². The van der Waals surface area contributed by atoms with Crippen LogP contribution in [0.1, 0.15) is 63.5 Å². The highest BCUT2D eigenvalue weighted by atomic mass is 16.5.